The van der Waals surface area contributed by atoms with Gasteiger partial charge < -0.3 is 76.7 Å². The zero-order valence-corrected chi connectivity index (χ0v) is 32.3. The monoisotopic (exact) mass is 789 g/mol. The minimum atomic E-state index is -0.986. The Hall–Kier alpha value is -2.11. The van der Waals surface area contributed by atoms with E-state index >= 15 is 0 Å². The molecule has 1 amide bonds. The van der Waals surface area contributed by atoms with E-state index in [1.165, 1.54) is 7.11 Å². The minimum absolute atomic E-state index is 0.0146. The van der Waals surface area contributed by atoms with E-state index in [9.17, 15) is 14.4 Å². The summed E-state index contributed by atoms with van der Waals surface area (Å²) in [4.78, 5) is 32.7. The van der Waals surface area contributed by atoms with Gasteiger partial charge in [-0.05, 0) is 6.42 Å². The van der Waals surface area contributed by atoms with E-state index in [4.69, 9.17) is 66.7 Å². The van der Waals surface area contributed by atoms with E-state index in [-0.39, 0.29) is 31.1 Å². The van der Waals surface area contributed by atoms with Crippen molar-refractivity contribution in [3.05, 3.63) is 0 Å². The highest BCUT2D eigenvalue weighted by atomic mass is 16.6. The molecule has 0 rings (SSSR count). The molecule has 0 atom stereocenters. The van der Waals surface area contributed by atoms with Crippen LogP contribution in [0.3, 0.4) is 0 Å². The third-order valence-corrected chi connectivity index (χ3v) is 6.50. The molecule has 0 aliphatic carbocycles. The maximum atomic E-state index is 11.4. The van der Waals surface area contributed by atoms with E-state index < -0.39 is 5.97 Å². The number of aliphatic carboxylic acids is 1. The third-order valence-electron chi connectivity index (χ3n) is 6.50. The smallest absolute Gasteiger partial charge is 0.307 e. The first-order chi connectivity index (χ1) is 26.6. The molecular formula is C35H67NO18. The van der Waals surface area contributed by atoms with Gasteiger partial charge in [-0.1, -0.05) is 0 Å². The fourth-order valence-electron chi connectivity index (χ4n) is 3.71. The van der Waals surface area contributed by atoms with Gasteiger partial charge in [0.25, 0.3) is 0 Å². The van der Waals surface area contributed by atoms with Gasteiger partial charge in [0, 0.05) is 19.6 Å². The van der Waals surface area contributed by atoms with Gasteiger partial charge >= 0.3 is 11.9 Å². The molecule has 0 radical (unpaired) electrons. The highest BCUT2D eigenvalue weighted by Gasteiger charge is 2.04. The number of hydrogen-bond donors (Lipinski definition) is 2. The number of hydrogen-bond acceptors (Lipinski definition) is 17. The van der Waals surface area contributed by atoms with Gasteiger partial charge in [-0.15, -0.1) is 0 Å². The zero-order chi connectivity index (χ0) is 39.3. The molecule has 320 valence electrons. The molecule has 54 heavy (non-hydrogen) atoms. The summed E-state index contributed by atoms with van der Waals surface area (Å²) in [6, 6.07) is 0. The average molecular weight is 790 g/mol. The number of carbonyl (C=O) groups is 3. The second-order valence-electron chi connectivity index (χ2n) is 10.9. The molecule has 0 unspecified atom stereocenters. The van der Waals surface area contributed by atoms with Crippen molar-refractivity contribution in [2.24, 2.45) is 0 Å². The van der Waals surface area contributed by atoms with Crippen LogP contribution in [0.5, 0.6) is 0 Å². The van der Waals surface area contributed by atoms with Crippen LogP contribution in [0.25, 0.3) is 0 Å². The Balaban J connectivity index is 3.09. The van der Waals surface area contributed by atoms with Crippen molar-refractivity contribution >= 4 is 17.8 Å². The summed E-state index contributed by atoms with van der Waals surface area (Å²) in [6.07, 6.45) is 0.700. The molecular weight excluding hydrogens is 722 g/mol. The summed E-state index contributed by atoms with van der Waals surface area (Å²) in [6.45, 7) is 12.5. The first kappa shape index (κ1) is 51.9. The molecule has 0 bridgehead atoms. The molecule has 0 aliphatic rings. The van der Waals surface area contributed by atoms with Crippen LogP contribution in [0, 0.1) is 0 Å². The van der Waals surface area contributed by atoms with Gasteiger partial charge in [0.15, 0.2) is 0 Å². The topological polar surface area (TPSA) is 213 Å². The summed E-state index contributed by atoms with van der Waals surface area (Å²) in [5.74, 6) is -1.55. The molecule has 0 saturated heterocycles. The Bertz CT molecular complexity index is 812. The first-order valence-electron chi connectivity index (χ1n) is 18.6. The standard InChI is InChI=1S/C35H67NO18/c1-41-35(40)5-8-43-10-12-45-14-16-47-18-20-49-22-24-51-26-28-53-30-32-54-31-29-52-27-25-50-23-21-48-19-17-46-15-13-44-11-9-42-7-2-6-36-33(37)3-4-34(38)39/h2-32H2,1H3,(H,36,37)(H,38,39). The molecule has 0 heterocycles. The number of carboxylic acid groups (broad SMARTS) is 1. The van der Waals surface area contributed by atoms with Crippen LogP contribution in [0.4, 0.5) is 0 Å². The Morgan fingerprint density at radius 3 is 0.889 bits per heavy atom. The summed E-state index contributed by atoms with van der Waals surface area (Å²) >= 11 is 0. The number of methoxy groups -OCH3 is 1. The maximum Gasteiger partial charge on any atom is 0.307 e. The Kier molecular flexibility index (Phi) is 43.5. The van der Waals surface area contributed by atoms with Gasteiger partial charge in [-0.25, -0.2) is 0 Å². The molecule has 0 spiro atoms. The summed E-state index contributed by atoms with van der Waals surface area (Å²) < 4.78 is 75.1. The largest absolute Gasteiger partial charge is 0.481 e. The summed E-state index contributed by atoms with van der Waals surface area (Å²) in [5.41, 5.74) is 0. The van der Waals surface area contributed by atoms with Gasteiger partial charge in [0.05, 0.1) is 185 Å². The Labute approximate surface area is 320 Å². The SMILES string of the molecule is COC(=O)CCOCCOCCOCCOCCOCCOCCOCCOCCOCCOCCOCCOCCOCCCNC(=O)CCC(=O)O. The molecule has 19 nitrogen and oxygen atoms in total. The number of carbonyl (C=O) groups excluding carboxylic acids is 2. The average Bonchev–Trinajstić information content (AvgIpc) is 3.17. The minimum Gasteiger partial charge on any atom is -0.481 e. The molecule has 0 saturated carbocycles. The van der Waals surface area contributed by atoms with Crippen molar-refractivity contribution in [3.63, 3.8) is 0 Å². The Morgan fingerprint density at radius 2 is 0.630 bits per heavy atom. The van der Waals surface area contributed by atoms with Gasteiger partial charge in [0.1, 0.15) is 0 Å². The van der Waals surface area contributed by atoms with Crippen molar-refractivity contribution in [2.45, 2.75) is 25.7 Å². The maximum absolute atomic E-state index is 11.4. The van der Waals surface area contributed by atoms with E-state index in [1.54, 1.807) is 0 Å². The molecule has 19 heteroatoms. The number of nitrogens with one attached hydrogen (secondary N) is 1. The number of rotatable bonds is 46. The molecule has 0 aromatic carbocycles. The van der Waals surface area contributed by atoms with Gasteiger partial charge in [0.2, 0.25) is 5.91 Å². The lowest BCUT2D eigenvalue weighted by Gasteiger charge is -2.09. The van der Waals surface area contributed by atoms with Crippen LogP contribution in [0.1, 0.15) is 25.7 Å². The lowest BCUT2D eigenvalue weighted by Crippen LogP contribution is -2.25. The highest BCUT2D eigenvalue weighted by Crippen LogP contribution is 1.91. The van der Waals surface area contributed by atoms with Crippen LogP contribution in [0.2, 0.25) is 0 Å². The fraction of sp³-hybridized carbons (Fsp3) is 0.914. The van der Waals surface area contributed by atoms with Crippen molar-refractivity contribution in [3.8, 4) is 0 Å². The van der Waals surface area contributed by atoms with Crippen LogP contribution in [-0.4, -0.2) is 208 Å². The molecule has 2 N–H and O–H groups in total. The van der Waals surface area contributed by atoms with Crippen molar-refractivity contribution in [1.82, 2.24) is 5.32 Å². The first-order valence-corrected chi connectivity index (χ1v) is 18.6. The predicted octanol–water partition coefficient (Wildman–Crippen LogP) is 0.136. The van der Waals surface area contributed by atoms with Gasteiger partial charge in [-0.3, -0.25) is 14.4 Å². The number of esters is 1. The summed E-state index contributed by atoms with van der Waals surface area (Å²) in [7, 11) is 1.35. The Morgan fingerprint density at radius 1 is 0.370 bits per heavy atom. The quantitative estimate of drug-likeness (QED) is 0.0620. The second kappa shape index (κ2) is 45.3. The highest BCUT2D eigenvalue weighted by molar-refractivity contribution is 5.80. The van der Waals surface area contributed by atoms with Crippen molar-refractivity contribution in [2.75, 3.05) is 185 Å². The van der Waals surface area contributed by atoms with Crippen molar-refractivity contribution in [1.29, 1.82) is 0 Å². The number of amides is 1. The number of ether oxygens (including phenoxy) is 14. The van der Waals surface area contributed by atoms with Crippen LogP contribution < -0.4 is 5.32 Å². The lowest BCUT2D eigenvalue weighted by atomic mass is 10.3. The van der Waals surface area contributed by atoms with E-state index in [2.05, 4.69) is 10.1 Å². The predicted molar refractivity (Wildman–Crippen MR) is 192 cm³/mol. The lowest BCUT2D eigenvalue weighted by molar-refractivity contribution is -0.142. The molecule has 0 aliphatic heterocycles. The zero-order valence-electron chi connectivity index (χ0n) is 32.3. The van der Waals surface area contributed by atoms with E-state index in [0.717, 1.165) is 0 Å². The van der Waals surface area contributed by atoms with Gasteiger partial charge in [-0.2, -0.15) is 0 Å². The molecule has 0 aromatic heterocycles. The third kappa shape index (κ3) is 46.0. The number of carboxylic acids is 1. The van der Waals surface area contributed by atoms with E-state index in [0.29, 0.717) is 185 Å². The molecule has 0 fully saturated rings. The van der Waals surface area contributed by atoms with Crippen molar-refractivity contribution < 1.29 is 85.8 Å². The second-order valence-corrected chi connectivity index (χ2v) is 10.9. The van der Waals surface area contributed by atoms with Crippen LogP contribution in [-0.2, 0) is 80.7 Å². The van der Waals surface area contributed by atoms with Crippen LogP contribution in [0.15, 0.2) is 0 Å². The molecule has 0 aromatic rings. The van der Waals surface area contributed by atoms with Crippen LogP contribution >= 0.6 is 0 Å². The normalized spacial score (nSPS) is 11.3. The fourth-order valence-corrected chi connectivity index (χ4v) is 3.71. The van der Waals surface area contributed by atoms with E-state index in [1.807, 2.05) is 0 Å². The summed E-state index contributed by atoms with van der Waals surface area (Å²) in [5, 5.41) is 11.2.